The van der Waals surface area contributed by atoms with Crippen molar-refractivity contribution in [3.05, 3.63) is 91.9 Å². The summed E-state index contributed by atoms with van der Waals surface area (Å²) in [6, 6.07) is 10.2. The van der Waals surface area contributed by atoms with Crippen LogP contribution in [0.3, 0.4) is 0 Å². The molecule has 0 unspecified atom stereocenters. The molecule has 1 heterocycles. The van der Waals surface area contributed by atoms with Crippen molar-refractivity contribution in [2.45, 2.75) is 39.3 Å². The van der Waals surface area contributed by atoms with E-state index >= 15 is 0 Å². The van der Waals surface area contributed by atoms with Gasteiger partial charge >= 0.3 is 0 Å². The highest BCUT2D eigenvalue weighted by molar-refractivity contribution is 6.32. The number of hydrogen-bond acceptors (Lipinski definition) is 4. The standard InChI is InChI=1S/C24H24ClF2N3O3/c1-13-18(10-14-4-8-17(9-5-14)30-23(32)24(2,3)28)21(20(25)22(31)29-13)33-12-15-6-7-16(26)11-19(15)27/h4-9,11H,10,12,28H2,1-3H3,(H,29,31)(H,30,32). The molecule has 0 aliphatic heterocycles. The Morgan fingerprint density at radius 1 is 1.18 bits per heavy atom. The van der Waals surface area contributed by atoms with Gasteiger partial charge in [0.05, 0.1) is 5.54 Å². The van der Waals surface area contributed by atoms with Gasteiger partial charge < -0.3 is 20.8 Å². The fraction of sp³-hybridized carbons (Fsp3) is 0.250. The number of benzene rings is 2. The number of aromatic amines is 1. The van der Waals surface area contributed by atoms with Gasteiger partial charge in [-0.1, -0.05) is 23.7 Å². The van der Waals surface area contributed by atoms with Crippen LogP contribution in [0.2, 0.25) is 5.02 Å². The van der Waals surface area contributed by atoms with Gasteiger partial charge in [0.25, 0.3) is 5.56 Å². The Kier molecular flexibility index (Phi) is 7.19. The first-order valence-electron chi connectivity index (χ1n) is 10.1. The SMILES string of the molecule is Cc1[nH]c(=O)c(Cl)c(OCc2ccc(F)cc2F)c1Cc1ccc(NC(=O)C(C)(C)N)cc1. The zero-order valence-corrected chi connectivity index (χ0v) is 19.1. The number of ether oxygens (including phenoxy) is 1. The number of H-pyrrole nitrogens is 1. The first-order chi connectivity index (χ1) is 15.5. The van der Waals surface area contributed by atoms with Crippen LogP contribution < -0.4 is 21.3 Å². The Morgan fingerprint density at radius 3 is 2.45 bits per heavy atom. The summed E-state index contributed by atoms with van der Waals surface area (Å²) < 4.78 is 32.9. The molecule has 0 fully saturated rings. The molecule has 0 atom stereocenters. The molecule has 9 heteroatoms. The van der Waals surface area contributed by atoms with Gasteiger partial charge in [-0.25, -0.2) is 8.78 Å². The van der Waals surface area contributed by atoms with E-state index in [1.54, 1.807) is 45.0 Å². The van der Waals surface area contributed by atoms with E-state index in [9.17, 15) is 18.4 Å². The molecule has 3 rings (SSSR count). The number of aromatic nitrogens is 1. The average Bonchev–Trinajstić information content (AvgIpc) is 2.73. The molecule has 0 saturated carbocycles. The molecule has 174 valence electrons. The molecule has 0 aliphatic rings. The van der Waals surface area contributed by atoms with Gasteiger partial charge in [0.2, 0.25) is 5.91 Å². The molecule has 0 radical (unpaired) electrons. The van der Waals surface area contributed by atoms with Crippen LogP contribution in [0.1, 0.15) is 36.2 Å². The molecule has 2 aromatic carbocycles. The normalized spacial score (nSPS) is 11.4. The van der Waals surface area contributed by atoms with Gasteiger partial charge in [-0.3, -0.25) is 9.59 Å². The number of nitrogens with two attached hydrogens (primary N) is 1. The first kappa shape index (κ1) is 24.4. The quantitative estimate of drug-likeness (QED) is 0.470. The van der Waals surface area contributed by atoms with Crippen LogP contribution in [0.4, 0.5) is 14.5 Å². The third-order valence-corrected chi connectivity index (χ3v) is 5.33. The second kappa shape index (κ2) is 9.72. The monoisotopic (exact) mass is 475 g/mol. The van der Waals surface area contributed by atoms with Gasteiger partial charge in [0, 0.05) is 35.0 Å². The molecule has 6 nitrogen and oxygen atoms in total. The summed E-state index contributed by atoms with van der Waals surface area (Å²) in [5, 5.41) is 2.58. The van der Waals surface area contributed by atoms with Crippen molar-refractivity contribution in [2.24, 2.45) is 5.73 Å². The number of pyridine rings is 1. The van der Waals surface area contributed by atoms with Gasteiger partial charge in [-0.05, 0) is 50.6 Å². The molecular formula is C24H24ClF2N3O3. The van der Waals surface area contributed by atoms with Crippen molar-refractivity contribution >= 4 is 23.2 Å². The van der Waals surface area contributed by atoms with Gasteiger partial charge in [-0.2, -0.15) is 0 Å². The largest absolute Gasteiger partial charge is 0.487 e. The lowest BCUT2D eigenvalue weighted by Crippen LogP contribution is -2.45. The average molecular weight is 476 g/mol. The minimum Gasteiger partial charge on any atom is -0.487 e. The number of amides is 1. The van der Waals surface area contributed by atoms with Crippen LogP contribution in [0.25, 0.3) is 0 Å². The lowest BCUT2D eigenvalue weighted by atomic mass is 10.0. The topological polar surface area (TPSA) is 97.2 Å². The fourth-order valence-electron chi connectivity index (χ4n) is 3.06. The maximum Gasteiger partial charge on any atom is 0.270 e. The van der Waals surface area contributed by atoms with E-state index in [0.717, 1.165) is 17.7 Å². The predicted molar refractivity (Wildman–Crippen MR) is 124 cm³/mol. The second-order valence-electron chi connectivity index (χ2n) is 8.27. The van der Waals surface area contributed by atoms with Crippen molar-refractivity contribution in [1.82, 2.24) is 4.98 Å². The third-order valence-electron chi connectivity index (χ3n) is 4.99. The number of nitrogens with one attached hydrogen (secondary N) is 2. The Bertz CT molecular complexity index is 1240. The predicted octanol–water partition coefficient (Wildman–Crippen LogP) is 4.46. The van der Waals surface area contributed by atoms with Crippen LogP contribution in [-0.2, 0) is 17.8 Å². The molecule has 4 N–H and O–H groups in total. The van der Waals surface area contributed by atoms with Crippen LogP contribution in [0.15, 0.2) is 47.3 Å². The minimum absolute atomic E-state index is 0.124. The zero-order valence-electron chi connectivity index (χ0n) is 18.4. The van der Waals surface area contributed by atoms with Crippen LogP contribution in [0.5, 0.6) is 5.75 Å². The Labute approximate surface area is 194 Å². The number of anilines is 1. The number of hydrogen-bond donors (Lipinski definition) is 3. The van der Waals surface area contributed by atoms with E-state index in [1.165, 1.54) is 6.07 Å². The lowest BCUT2D eigenvalue weighted by molar-refractivity contribution is -0.120. The summed E-state index contributed by atoms with van der Waals surface area (Å²) in [5.74, 6) is -1.64. The zero-order chi connectivity index (χ0) is 24.3. The molecule has 1 amide bonds. The first-order valence-corrected chi connectivity index (χ1v) is 10.5. The number of carbonyl (C=O) groups excluding carboxylic acids is 1. The van der Waals surface area contributed by atoms with Gasteiger partial charge in [0.15, 0.2) is 0 Å². The molecule has 33 heavy (non-hydrogen) atoms. The maximum absolute atomic E-state index is 14.0. The highest BCUT2D eigenvalue weighted by Crippen LogP contribution is 2.31. The van der Waals surface area contributed by atoms with Gasteiger partial charge in [0.1, 0.15) is 29.0 Å². The number of aryl methyl sites for hydroxylation is 1. The number of rotatable bonds is 7. The fourth-order valence-corrected chi connectivity index (χ4v) is 3.28. The van der Waals surface area contributed by atoms with E-state index in [-0.39, 0.29) is 28.8 Å². The highest BCUT2D eigenvalue weighted by Gasteiger charge is 2.22. The van der Waals surface area contributed by atoms with Crippen LogP contribution in [-0.4, -0.2) is 16.4 Å². The van der Waals surface area contributed by atoms with Crippen LogP contribution in [0, 0.1) is 18.6 Å². The van der Waals surface area contributed by atoms with Crippen LogP contribution >= 0.6 is 11.6 Å². The molecule has 0 saturated heterocycles. The summed E-state index contributed by atoms with van der Waals surface area (Å²) in [4.78, 5) is 26.9. The van der Waals surface area contributed by atoms with Gasteiger partial charge in [-0.15, -0.1) is 0 Å². The maximum atomic E-state index is 14.0. The Hall–Kier alpha value is -3.23. The van der Waals surface area contributed by atoms with Crippen molar-refractivity contribution in [3.8, 4) is 5.75 Å². The minimum atomic E-state index is -1.02. The molecule has 3 aromatic rings. The second-order valence-corrected chi connectivity index (χ2v) is 8.65. The van der Waals surface area contributed by atoms with E-state index in [1.807, 2.05) is 0 Å². The molecule has 0 spiro atoms. The van der Waals surface area contributed by atoms with Crippen molar-refractivity contribution in [1.29, 1.82) is 0 Å². The molecule has 1 aromatic heterocycles. The summed E-state index contributed by atoms with van der Waals surface area (Å²) in [5.41, 5.74) is 6.96. The van der Waals surface area contributed by atoms with Crippen molar-refractivity contribution in [2.75, 3.05) is 5.32 Å². The molecule has 0 bridgehead atoms. The third kappa shape index (κ3) is 5.97. The van der Waals surface area contributed by atoms with Crippen molar-refractivity contribution in [3.63, 3.8) is 0 Å². The summed E-state index contributed by atoms with van der Waals surface area (Å²) >= 11 is 6.21. The lowest BCUT2D eigenvalue weighted by Gasteiger charge is -2.18. The smallest absolute Gasteiger partial charge is 0.270 e. The molecular weight excluding hydrogens is 452 g/mol. The van der Waals surface area contributed by atoms with E-state index in [4.69, 9.17) is 22.1 Å². The van der Waals surface area contributed by atoms with E-state index in [0.29, 0.717) is 23.4 Å². The Balaban J connectivity index is 1.85. The molecule has 0 aliphatic carbocycles. The number of carbonyl (C=O) groups is 1. The van der Waals surface area contributed by atoms with E-state index < -0.39 is 22.7 Å². The Morgan fingerprint density at radius 2 is 1.85 bits per heavy atom. The summed E-state index contributed by atoms with van der Waals surface area (Å²) in [7, 11) is 0. The summed E-state index contributed by atoms with van der Waals surface area (Å²) in [6.45, 7) is 4.69. The van der Waals surface area contributed by atoms with Crippen molar-refractivity contribution < 1.29 is 18.3 Å². The highest BCUT2D eigenvalue weighted by atomic mass is 35.5. The van der Waals surface area contributed by atoms with E-state index in [2.05, 4.69) is 10.3 Å². The summed E-state index contributed by atoms with van der Waals surface area (Å²) in [6.07, 6.45) is 0.347. The number of halogens is 3.